The lowest BCUT2D eigenvalue weighted by Gasteiger charge is -2.13. The summed E-state index contributed by atoms with van der Waals surface area (Å²) < 4.78 is 54.2. The van der Waals surface area contributed by atoms with Crippen LogP contribution in [0.2, 0.25) is 5.02 Å². The molecule has 38 nitrogen and oxygen atoms in total. The Morgan fingerprint density at radius 3 is 1.44 bits per heavy atom. The number of nitrogens with zero attached hydrogens (tertiary/aromatic N) is 12. The van der Waals surface area contributed by atoms with Crippen LogP contribution in [0.4, 0.5) is 28.7 Å². The molecule has 0 fully saturated rings. The summed E-state index contributed by atoms with van der Waals surface area (Å²) in [5.74, 6) is -2.46. The van der Waals surface area contributed by atoms with Gasteiger partial charge in [-0.3, -0.25) is 52.7 Å². The summed E-state index contributed by atoms with van der Waals surface area (Å²) in [6, 6.07) is 17.8. The molecule has 0 saturated carbocycles. The summed E-state index contributed by atoms with van der Waals surface area (Å²) in [4.78, 5) is 135. The Kier molecular flexibility index (Phi) is 34.8. The molecule has 2 aromatic carbocycles. The van der Waals surface area contributed by atoms with Gasteiger partial charge in [-0.25, -0.2) is 15.0 Å². The zero-order valence-corrected chi connectivity index (χ0v) is 69.9. The number of anilines is 5. The summed E-state index contributed by atoms with van der Waals surface area (Å²) in [7, 11) is 8.04. The summed E-state index contributed by atoms with van der Waals surface area (Å²) in [6.07, 6.45) is 10.6. The third-order valence-electron chi connectivity index (χ3n) is 18.5. The van der Waals surface area contributed by atoms with Gasteiger partial charge in [-0.1, -0.05) is 35.9 Å². The monoisotopic (exact) mass is 1700 g/mol. The van der Waals surface area contributed by atoms with Gasteiger partial charge in [-0.15, -0.1) is 21.5 Å². The van der Waals surface area contributed by atoms with Crippen LogP contribution in [0.5, 0.6) is 0 Å². The molecule has 8 heterocycles. The van der Waals surface area contributed by atoms with Crippen molar-refractivity contribution < 1.29 is 81.0 Å². The summed E-state index contributed by atoms with van der Waals surface area (Å²) in [5, 5.41) is 34.9. The zero-order valence-electron chi connectivity index (χ0n) is 68.3. The number of benzene rings is 2. The summed E-state index contributed by atoms with van der Waals surface area (Å²) in [6.45, 7) is 12.9. The minimum atomic E-state index is -0.640. The Morgan fingerprint density at radius 2 is 0.933 bits per heavy atom. The molecule has 9 amide bonds. The van der Waals surface area contributed by atoms with Crippen LogP contribution >= 0.6 is 22.9 Å². The van der Waals surface area contributed by atoms with Crippen molar-refractivity contribution in [3.63, 3.8) is 0 Å². The van der Waals surface area contributed by atoms with Crippen LogP contribution in [0.25, 0.3) is 5.00 Å². The molecule has 0 bridgehead atoms. The Hall–Kier alpha value is -11.7. The molecule has 0 aliphatic carbocycles. The lowest BCUT2D eigenvalue weighted by molar-refractivity contribution is -0.121. The molecule has 40 heteroatoms. The highest BCUT2D eigenvalue weighted by Gasteiger charge is 2.33. The molecule has 642 valence electrons. The predicted molar refractivity (Wildman–Crippen MR) is 445 cm³/mol. The minimum absolute atomic E-state index is 0.00442. The topological polar surface area (TPSA) is 442 Å². The van der Waals surface area contributed by atoms with Crippen molar-refractivity contribution in [1.82, 2.24) is 73.8 Å². The maximum atomic E-state index is 13.6. The van der Waals surface area contributed by atoms with E-state index in [2.05, 4.69) is 86.8 Å². The maximum absolute atomic E-state index is 13.6. The zero-order chi connectivity index (χ0) is 85.5. The smallest absolute Gasteiger partial charge is 0.291 e. The van der Waals surface area contributed by atoms with E-state index >= 15 is 0 Å². The molecule has 1 aliphatic rings. The number of nitrogens with one attached hydrogen (secondary N) is 9. The van der Waals surface area contributed by atoms with E-state index in [0.29, 0.717) is 121 Å². The number of hydrogen-bond acceptors (Lipinski definition) is 24. The van der Waals surface area contributed by atoms with Crippen molar-refractivity contribution in [1.29, 1.82) is 0 Å². The van der Waals surface area contributed by atoms with Crippen LogP contribution < -0.4 is 47.9 Å². The number of imidazole rings is 3. The number of aromatic nitrogens is 11. The fraction of sp³-hybridized carbons (Fsp3) is 0.438. The van der Waals surface area contributed by atoms with Gasteiger partial charge in [0.1, 0.15) is 28.3 Å². The normalized spacial score (nSPS) is 12.3. The van der Waals surface area contributed by atoms with E-state index in [9.17, 15) is 43.2 Å². The predicted octanol–water partition coefficient (Wildman–Crippen LogP) is 5.73. The quantitative estimate of drug-likeness (QED) is 0.0205. The van der Waals surface area contributed by atoms with E-state index in [1.54, 1.807) is 63.5 Å². The lowest BCUT2D eigenvalue weighted by atomic mass is 9.99. The number of carbonyl (C=O) groups excluding carboxylic acids is 9. The number of amides is 9. The van der Waals surface area contributed by atoms with Crippen molar-refractivity contribution in [3.05, 3.63) is 171 Å². The molecule has 1 atom stereocenters. The molecule has 120 heavy (non-hydrogen) atoms. The molecule has 0 saturated heterocycles. The van der Waals surface area contributed by atoms with Crippen molar-refractivity contribution in [2.45, 2.75) is 65.3 Å². The van der Waals surface area contributed by atoms with Crippen LogP contribution in [-0.2, 0) is 98.7 Å². The number of aryl methyl sites for hydroxylation is 8. The highest BCUT2D eigenvalue weighted by atomic mass is 35.5. The third kappa shape index (κ3) is 27.2. The minimum Gasteiger partial charge on any atom is -0.379 e. The van der Waals surface area contributed by atoms with E-state index in [-0.39, 0.29) is 116 Å². The number of ether oxygens (including phenoxy) is 8. The van der Waals surface area contributed by atoms with Gasteiger partial charge >= 0.3 is 0 Å². The summed E-state index contributed by atoms with van der Waals surface area (Å²) >= 11 is 7.94. The Morgan fingerprint density at radius 1 is 0.458 bits per heavy atom. The van der Waals surface area contributed by atoms with Gasteiger partial charge in [0, 0.05) is 151 Å². The molecule has 1 aliphatic heterocycles. The number of aliphatic imine (C=N–C) groups is 1. The van der Waals surface area contributed by atoms with Gasteiger partial charge in [0.25, 0.3) is 29.5 Å². The first-order valence-corrected chi connectivity index (χ1v) is 40.2. The third-order valence-corrected chi connectivity index (χ3v) is 20.0. The van der Waals surface area contributed by atoms with Crippen LogP contribution in [0, 0.1) is 20.8 Å². The van der Waals surface area contributed by atoms with E-state index in [1.807, 2.05) is 60.0 Å². The van der Waals surface area contributed by atoms with Crippen molar-refractivity contribution in [2.24, 2.45) is 40.2 Å². The Labute approximate surface area is 701 Å². The first-order valence-electron chi connectivity index (χ1n) is 39.0. The number of thiophene rings is 1. The largest absolute Gasteiger partial charge is 0.379 e. The van der Waals surface area contributed by atoms with Crippen LogP contribution in [0.1, 0.15) is 130 Å². The first-order chi connectivity index (χ1) is 58.0. The first kappa shape index (κ1) is 90.7. The molecule has 0 radical (unpaired) electrons. The summed E-state index contributed by atoms with van der Waals surface area (Å²) in [5.41, 5.74) is 6.74. The highest BCUT2D eigenvalue weighted by molar-refractivity contribution is 7.15. The van der Waals surface area contributed by atoms with Gasteiger partial charge in [0.2, 0.25) is 35.3 Å². The highest BCUT2D eigenvalue weighted by Crippen LogP contribution is 2.40. The number of carbonyl (C=O) groups is 9. The number of hydrogen-bond donors (Lipinski definition) is 9. The fourth-order valence-electron chi connectivity index (χ4n) is 12.3. The molecular formula is C80H102ClN21O17S. The molecule has 9 aromatic rings. The van der Waals surface area contributed by atoms with Crippen molar-refractivity contribution >= 4 is 111 Å². The van der Waals surface area contributed by atoms with E-state index in [0.717, 1.165) is 51.6 Å². The van der Waals surface area contributed by atoms with E-state index in [1.165, 1.54) is 60.1 Å². The average Bonchev–Trinajstić information content (AvgIpc) is 1.59. The second-order valence-electron chi connectivity index (χ2n) is 27.7. The molecule has 10 rings (SSSR count). The lowest BCUT2D eigenvalue weighted by Crippen LogP contribution is -2.33. The number of rotatable bonds is 50. The van der Waals surface area contributed by atoms with Crippen molar-refractivity contribution in [3.8, 4) is 5.00 Å². The Balaban J connectivity index is 0.466. The van der Waals surface area contributed by atoms with Crippen molar-refractivity contribution in [2.75, 3.05) is 158 Å². The van der Waals surface area contributed by atoms with E-state index in [4.69, 9.17) is 54.5 Å². The van der Waals surface area contributed by atoms with E-state index < -0.39 is 47.4 Å². The number of halogens is 1. The molecule has 0 unspecified atom stereocenters. The van der Waals surface area contributed by atoms with Gasteiger partial charge in [-0.05, 0) is 81.1 Å². The molecular weight excluding hydrogens is 1590 g/mol. The van der Waals surface area contributed by atoms with Gasteiger partial charge < -0.3 is 109 Å². The molecule has 9 N–H and O–H groups in total. The molecule has 0 spiro atoms. The van der Waals surface area contributed by atoms with Crippen LogP contribution in [-0.4, -0.2) is 243 Å². The standard InChI is InChI=1S/C80H102ClN21O17S/c1-51-52(2)120-80-69(51)70(55-13-15-56(81)16-14-55)90-60(71-96-95-53(3)102(71)80)46-68(106)87-57-17-11-54(12-18-57)10-9-28-112-30-32-114-34-36-116-38-40-118-42-43-119-41-39-117-37-35-115-33-31-113-29-26-82-65(103)19-22-86-77(109)73-93-63(49-100(73)7)91-66(104)20-23-85-76(108)62-45-59(48-99(62)6)89-79(111)74-94-64(50-101(74)8)92-67(105)21-24-84-75(107)61-44-58(47-98(61)5)88-78(110)72-83-25-27-97(72)4/h11-18,25,27,44-45,47-50,60H,9-10,19-24,26,28-43,46H2,1-8H3,(H,82,103)(H,84,107)(H,85,108)(H,86,109)(H,87,106)(H,88,110)(H,89,111)(H,91,104)(H,92,105)/t60-/m0/s1. The fourth-order valence-corrected chi connectivity index (χ4v) is 13.7. The molecule has 7 aromatic heterocycles. The van der Waals surface area contributed by atoms with Gasteiger partial charge in [-0.2, -0.15) is 0 Å². The SMILES string of the molecule is Cc1sc2c(c1C)C(c1ccc(Cl)cc1)=N[C@@H](CC(=O)Nc1ccc(CCCOCCOCCOCCOCCOCCOCCOCCOCCNC(=O)CCNC(=O)c3nc(NC(=O)CCNC(=O)c4cc(NC(=O)c5nc(NC(=O)CCNC(=O)c6cc(NC(=O)c7nccn7C)cn6C)cn5C)cn4C)cn3C)cc1)c1nnc(C)n1-2. The van der Waals surface area contributed by atoms with Gasteiger partial charge in [0.05, 0.1) is 123 Å². The second-order valence-corrected chi connectivity index (χ2v) is 29.3. The average molecular weight is 1700 g/mol. The second kappa shape index (κ2) is 46.1. The van der Waals surface area contributed by atoms with Crippen LogP contribution in [0.15, 0.2) is 103 Å². The van der Waals surface area contributed by atoms with Crippen LogP contribution in [0.3, 0.4) is 0 Å². The maximum Gasteiger partial charge on any atom is 0.291 e. The Bertz CT molecular complexity index is 5000. The number of fused-ring (bicyclic) bond motifs is 3. The van der Waals surface area contributed by atoms with Gasteiger partial charge in [0.15, 0.2) is 23.3 Å².